The van der Waals surface area contributed by atoms with Crippen molar-refractivity contribution in [1.29, 1.82) is 0 Å². The van der Waals surface area contributed by atoms with E-state index < -0.39 is 28.5 Å². The zero-order valence-electron chi connectivity index (χ0n) is 24.8. The molecule has 0 heterocycles. The van der Waals surface area contributed by atoms with Crippen molar-refractivity contribution in [3.8, 4) is 0 Å². The first kappa shape index (κ1) is 33.2. The molecule has 1 N–H and O–H groups in total. The molecule has 4 aromatic carbocycles. The Bertz CT molecular complexity index is 1680. The summed E-state index contributed by atoms with van der Waals surface area (Å²) in [6, 6.07) is 28.6. The van der Waals surface area contributed by atoms with Gasteiger partial charge in [0.2, 0.25) is 11.8 Å². The number of aryl methyl sites for hydroxylation is 1. The molecule has 7 nitrogen and oxygen atoms in total. The quantitative estimate of drug-likeness (QED) is 0.177. The Kier molecular flexibility index (Phi) is 11.2. The van der Waals surface area contributed by atoms with Crippen LogP contribution in [-0.2, 0) is 32.6 Å². The lowest BCUT2D eigenvalue weighted by Gasteiger charge is -2.34. The third-order valence-corrected chi connectivity index (χ3v) is 9.51. The summed E-state index contributed by atoms with van der Waals surface area (Å²) in [4.78, 5) is 29.7. The number of rotatable bonds is 12. The van der Waals surface area contributed by atoms with E-state index in [0.29, 0.717) is 10.7 Å². The Labute approximate surface area is 273 Å². The average molecular weight is 697 g/mol. The van der Waals surface area contributed by atoms with Crippen LogP contribution in [0.5, 0.6) is 0 Å². The molecule has 0 bridgehead atoms. The molecule has 10 heteroatoms. The van der Waals surface area contributed by atoms with Gasteiger partial charge in [-0.2, -0.15) is 0 Å². The van der Waals surface area contributed by atoms with E-state index in [1.165, 1.54) is 29.2 Å². The van der Waals surface area contributed by atoms with Crippen LogP contribution in [0, 0.1) is 6.92 Å². The smallest absolute Gasteiger partial charge is 0.264 e. The van der Waals surface area contributed by atoms with Crippen molar-refractivity contribution >= 4 is 55.1 Å². The zero-order chi connectivity index (χ0) is 31.9. The predicted octanol–water partition coefficient (Wildman–Crippen LogP) is 6.77. The molecule has 0 radical (unpaired) electrons. The second kappa shape index (κ2) is 14.9. The van der Waals surface area contributed by atoms with E-state index in [1.807, 2.05) is 81.4 Å². The number of benzene rings is 4. The van der Waals surface area contributed by atoms with Gasteiger partial charge in [0.1, 0.15) is 12.6 Å². The summed E-state index contributed by atoms with van der Waals surface area (Å²) < 4.78 is 30.1. The number of nitrogens with one attached hydrogen (secondary N) is 1. The summed E-state index contributed by atoms with van der Waals surface area (Å²) >= 11 is 9.50. The summed E-state index contributed by atoms with van der Waals surface area (Å²) in [5, 5.41) is 3.35. The second-order valence-electron chi connectivity index (χ2n) is 10.8. The SMILES string of the molecule is Cc1cccc(N(CC(=O)N(Cc2ccc(Br)cc2)[C@@H](Cc2ccccc2)C(=O)NC(C)C)S(=O)(=O)c2ccc(Cl)cc2)c1. The number of hydrogen-bond donors (Lipinski definition) is 1. The highest BCUT2D eigenvalue weighted by Crippen LogP contribution is 2.27. The molecule has 4 rings (SSSR count). The van der Waals surface area contributed by atoms with Gasteiger partial charge in [0, 0.05) is 28.5 Å². The zero-order valence-corrected chi connectivity index (χ0v) is 27.9. The monoisotopic (exact) mass is 695 g/mol. The fourth-order valence-corrected chi connectivity index (χ4v) is 6.56. The molecular weight excluding hydrogens is 662 g/mol. The van der Waals surface area contributed by atoms with Crippen LogP contribution in [-0.4, -0.2) is 43.8 Å². The molecule has 0 saturated carbocycles. The molecule has 4 aromatic rings. The van der Waals surface area contributed by atoms with E-state index in [4.69, 9.17) is 11.6 Å². The molecule has 0 aliphatic heterocycles. The van der Waals surface area contributed by atoms with Crippen molar-refractivity contribution in [3.63, 3.8) is 0 Å². The molecule has 230 valence electrons. The van der Waals surface area contributed by atoms with Gasteiger partial charge in [-0.3, -0.25) is 13.9 Å². The number of sulfonamides is 1. The van der Waals surface area contributed by atoms with Gasteiger partial charge in [0.05, 0.1) is 10.6 Å². The third-order valence-electron chi connectivity index (χ3n) is 6.94. The molecule has 44 heavy (non-hydrogen) atoms. The summed E-state index contributed by atoms with van der Waals surface area (Å²) in [5.74, 6) is -0.844. The van der Waals surface area contributed by atoms with Crippen molar-refractivity contribution in [1.82, 2.24) is 10.2 Å². The Morgan fingerprint density at radius 3 is 2.14 bits per heavy atom. The van der Waals surface area contributed by atoms with Crippen LogP contribution < -0.4 is 9.62 Å². The largest absolute Gasteiger partial charge is 0.352 e. The van der Waals surface area contributed by atoms with Crippen LogP contribution >= 0.6 is 27.5 Å². The van der Waals surface area contributed by atoms with Gasteiger partial charge in [0.25, 0.3) is 10.0 Å². The highest BCUT2D eigenvalue weighted by atomic mass is 79.9. The maximum Gasteiger partial charge on any atom is 0.264 e. The summed E-state index contributed by atoms with van der Waals surface area (Å²) in [6.45, 7) is 5.14. The van der Waals surface area contributed by atoms with E-state index in [1.54, 1.807) is 18.2 Å². The van der Waals surface area contributed by atoms with Gasteiger partial charge in [-0.25, -0.2) is 8.42 Å². The molecular formula is C34H35BrClN3O4S. The van der Waals surface area contributed by atoms with E-state index in [2.05, 4.69) is 21.2 Å². The molecule has 0 unspecified atom stereocenters. The third kappa shape index (κ3) is 8.71. The van der Waals surface area contributed by atoms with Gasteiger partial charge in [-0.1, -0.05) is 82.1 Å². The number of anilines is 1. The minimum atomic E-state index is -4.20. The van der Waals surface area contributed by atoms with Gasteiger partial charge < -0.3 is 10.2 Å². The molecule has 0 fully saturated rings. The first-order chi connectivity index (χ1) is 20.9. The van der Waals surface area contributed by atoms with Crippen LogP contribution in [0.25, 0.3) is 0 Å². The Morgan fingerprint density at radius 1 is 0.864 bits per heavy atom. The molecule has 1 atom stereocenters. The predicted molar refractivity (Wildman–Crippen MR) is 179 cm³/mol. The summed E-state index contributed by atoms with van der Waals surface area (Å²) in [6.07, 6.45) is 0.246. The Balaban J connectivity index is 1.80. The van der Waals surface area contributed by atoms with Crippen LogP contribution in [0.2, 0.25) is 5.02 Å². The van der Waals surface area contributed by atoms with Crippen molar-refractivity contribution in [2.24, 2.45) is 0 Å². The molecule has 0 saturated heterocycles. The van der Waals surface area contributed by atoms with Gasteiger partial charge in [-0.05, 0) is 86.0 Å². The van der Waals surface area contributed by atoms with Crippen LogP contribution in [0.15, 0.2) is 112 Å². The lowest BCUT2D eigenvalue weighted by Crippen LogP contribution is -2.54. The van der Waals surface area contributed by atoms with Crippen molar-refractivity contribution in [2.75, 3.05) is 10.8 Å². The van der Waals surface area contributed by atoms with E-state index in [9.17, 15) is 18.0 Å². The standard InChI is InChI=1S/C34H35BrClN3O4S/c1-24(2)37-34(41)32(21-26-9-5-4-6-10-26)38(22-27-12-14-28(35)15-13-27)33(40)23-39(30-11-7-8-25(3)20-30)44(42,43)31-18-16-29(36)17-19-31/h4-20,24,32H,21-23H2,1-3H3,(H,37,41)/t32-/m0/s1. The molecule has 0 aliphatic carbocycles. The van der Waals surface area contributed by atoms with Crippen LogP contribution in [0.4, 0.5) is 5.69 Å². The highest BCUT2D eigenvalue weighted by Gasteiger charge is 2.34. The van der Waals surface area contributed by atoms with E-state index >= 15 is 0 Å². The Hall–Kier alpha value is -3.66. The average Bonchev–Trinajstić information content (AvgIpc) is 2.98. The molecule has 0 aliphatic rings. The normalized spacial score (nSPS) is 12.0. The van der Waals surface area contributed by atoms with Crippen LogP contribution in [0.3, 0.4) is 0 Å². The Morgan fingerprint density at radius 2 is 1.52 bits per heavy atom. The number of amides is 2. The minimum absolute atomic E-state index is 0.00551. The van der Waals surface area contributed by atoms with Gasteiger partial charge in [0.15, 0.2) is 0 Å². The number of carbonyl (C=O) groups is 2. The maximum atomic E-state index is 14.4. The van der Waals surface area contributed by atoms with Gasteiger partial charge in [-0.15, -0.1) is 0 Å². The fourth-order valence-electron chi connectivity index (χ4n) is 4.77. The second-order valence-corrected chi connectivity index (χ2v) is 14.0. The summed E-state index contributed by atoms with van der Waals surface area (Å²) in [5.41, 5.74) is 2.83. The van der Waals surface area contributed by atoms with Crippen molar-refractivity contribution < 1.29 is 18.0 Å². The van der Waals surface area contributed by atoms with Crippen LogP contribution in [0.1, 0.15) is 30.5 Å². The topological polar surface area (TPSA) is 86.8 Å². The number of nitrogens with zero attached hydrogens (tertiary/aromatic N) is 2. The lowest BCUT2D eigenvalue weighted by atomic mass is 10.0. The lowest BCUT2D eigenvalue weighted by molar-refractivity contribution is -0.140. The van der Waals surface area contributed by atoms with Crippen molar-refractivity contribution in [3.05, 3.63) is 129 Å². The molecule has 0 spiro atoms. The molecule has 0 aromatic heterocycles. The van der Waals surface area contributed by atoms with Gasteiger partial charge >= 0.3 is 0 Å². The first-order valence-electron chi connectivity index (χ1n) is 14.2. The number of hydrogen-bond acceptors (Lipinski definition) is 4. The fraction of sp³-hybridized carbons (Fsp3) is 0.235. The molecule has 2 amide bonds. The minimum Gasteiger partial charge on any atom is -0.352 e. The number of halogens is 2. The summed E-state index contributed by atoms with van der Waals surface area (Å²) in [7, 11) is -4.20. The first-order valence-corrected chi connectivity index (χ1v) is 16.8. The van der Waals surface area contributed by atoms with E-state index in [0.717, 1.165) is 25.5 Å². The highest BCUT2D eigenvalue weighted by molar-refractivity contribution is 9.10. The maximum absolute atomic E-state index is 14.4. The van der Waals surface area contributed by atoms with Crippen molar-refractivity contribution in [2.45, 2.75) is 50.7 Å². The van der Waals surface area contributed by atoms with E-state index in [-0.39, 0.29) is 29.8 Å². The number of carbonyl (C=O) groups excluding carboxylic acids is 2.